The molecule has 2 aliphatic rings. The lowest BCUT2D eigenvalue weighted by molar-refractivity contribution is -0.120. The van der Waals surface area contributed by atoms with Gasteiger partial charge in [0.25, 0.3) is 5.91 Å². The van der Waals surface area contributed by atoms with E-state index < -0.39 is 0 Å². The Kier molecular flexibility index (Phi) is 5.36. The number of methoxy groups -OCH3 is 1. The number of hydrogen-bond donors (Lipinski definition) is 0. The maximum atomic E-state index is 13.3. The Morgan fingerprint density at radius 2 is 1.77 bits per heavy atom. The summed E-state index contributed by atoms with van der Waals surface area (Å²) in [5, 5.41) is 6.75. The van der Waals surface area contributed by atoms with E-state index in [-0.39, 0.29) is 5.91 Å². The third-order valence-electron chi connectivity index (χ3n) is 7.31. The van der Waals surface area contributed by atoms with Crippen LogP contribution in [0.1, 0.15) is 58.8 Å². The van der Waals surface area contributed by atoms with Gasteiger partial charge in [-0.25, -0.2) is 0 Å². The molecule has 35 heavy (non-hydrogen) atoms. The molecule has 1 aromatic heterocycles. The third-order valence-corrected chi connectivity index (χ3v) is 7.31. The van der Waals surface area contributed by atoms with E-state index in [1.54, 1.807) is 7.11 Å². The first-order valence-electron chi connectivity index (χ1n) is 12.1. The second-order valence-electron chi connectivity index (χ2n) is 9.49. The highest BCUT2D eigenvalue weighted by molar-refractivity contribution is 6.25. The Morgan fingerprint density at radius 3 is 2.54 bits per heavy atom. The van der Waals surface area contributed by atoms with Crippen molar-refractivity contribution in [2.75, 3.05) is 12.0 Å². The highest BCUT2D eigenvalue weighted by Gasteiger charge is 2.30. The van der Waals surface area contributed by atoms with E-state index in [0.29, 0.717) is 31.2 Å². The normalized spacial score (nSPS) is 15.9. The molecular weight excluding hydrogens is 438 g/mol. The van der Waals surface area contributed by atoms with Gasteiger partial charge in [0.15, 0.2) is 0 Å². The molecule has 1 saturated carbocycles. The molecule has 1 aliphatic carbocycles. The van der Waals surface area contributed by atoms with Crippen molar-refractivity contribution in [3.05, 3.63) is 89.2 Å². The van der Waals surface area contributed by atoms with Crippen molar-refractivity contribution >= 4 is 28.2 Å². The minimum Gasteiger partial charge on any atom is -0.497 e. The fraction of sp³-hybridized carbons (Fsp3) is 0.276. The van der Waals surface area contributed by atoms with Crippen LogP contribution in [0.5, 0.6) is 5.75 Å². The van der Waals surface area contributed by atoms with Crippen molar-refractivity contribution in [3.63, 3.8) is 0 Å². The van der Waals surface area contributed by atoms with Gasteiger partial charge in [-0.05, 0) is 59.2 Å². The van der Waals surface area contributed by atoms with E-state index in [9.17, 15) is 9.59 Å². The summed E-state index contributed by atoms with van der Waals surface area (Å²) in [5.41, 5.74) is 5.10. The molecule has 0 saturated heterocycles. The first-order chi connectivity index (χ1) is 17.1. The zero-order chi connectivity index (χ0) is 23.9. The molecule has 0 radical (unpaired) electrons. The van der Waals surface area contributed by atoms with Gasteiger partial charge in [-0.2, -0.15) is 5.10 Å². The third kappa shape index (κ3) is 3.89. The van der Waals surface area contributed by atoms with Gasteiger partial charge in [0, 0.05) is 36.4 Å². The maximum Gasteiger partial charge on any atom is 0.259 e. The maximum absolute atomic E-state index is 13.3. The lowest BCUT2D eigenvalue weighted by Crippen LogP contribution is -2.25. The summed E-state index contributed by atoms with van der Waals surface area (Å²) in [7, 11) is 1.65. The van der Waals surface area contributed by atoms with Crippen LogP contribution in [-0.2, 0) is 17.8 Å². The second kappa shape index (κ2) is 8.69. The summed E-state index contributed by atoms with van der Waals surface area (Å²) in [6, 6.07) is 18.4. The molecule has 4 aromatic rings. The van der Waals surface area contributed by atoms with E-state index in [2.05, 4.69) is 29.5 Å². The standard InChI is InChI=1S/C29H27N3O3/c1-35-24-12-5-19(6-13-24)17-31-27-14-7-21(25-3-2-4-26(28(25)27)29(31)34)15-20-16-30-32(18-20)22-8-10-23(33)11-9-22/h2-7,12-14,16,18,22H,8-11,15,17H2,1H3. The molecule has 1 aliphatic heterocycles. The van der Waals surface area contributed by atoms with Gasteiger partial charge in [-0.1, -0.05) is 30.3 Å². The Hall–Kier alpha value is -3.93. The number of ether oxygens (including phenoxy) is 1. The van der Waals surface area contributed by atoms with Gasteiger partial charge in [0.2, 0.25) is 0 Å². The number of nitrogens with zero attached hydrogens (tertiary/aromatic N) is 3. The second-order valence-corrected chi connectivity index (χ2v) is 9.49. The van der Waals surface area contributed by atoms with Crippen LogP contribution in [0.2, 0.25) is 0 Å². The smallest absolute Gasteiger partial charge is 0.259 e. The number of hydrogen-bond acceptors (Lipinski definition) is 4. The van der Waals surface area contributed by atoms with Crippen LogP contribution in [0.15, 0.2) is 67.0 Å². The molecule has 0 unspecified atom stereocenters. The first kappa shape index (κ1) is 21.6. The number of anilines is 1. The molecule has 2 heterocycles. The van der Waals surface area contributed by atoms with E-state index in [0.717, 1.165) is 58.2 Å². The average molecular weight is 466 g/mol. The molecule has 6 nitrogen and oxygen atoms in total. The van der Waals surface area contributed by atoms with Crippen molar-refractivity contribution < 1.29 is 14.3 Å². The van der Waals surface area contributed by atoms with Crippen molar-refractivity contribution in [2.45, 2.75) is 44.7 Å². The number of ketones is 1. The minimum absolute atomic E-state index is 0.0400. The van der Waals surface area contributed by atoms with Crippen molar-refractivity contribution in [1.82, 2.24) is 9.78 Å². The molecule has 6 heteroatoms. The summed E-state index contributed by atoms with van der Waals surface area (Å²) in [4.78, 5) is 26.8. The monoisotopic (exact) mass is 465 g/mol. The molecule has 176 valence electrons. The number of Topliss-reactive ketones (excluding diaryl/α,β-unsaturated/α-hetero) is 1. The summed E-state index contributed by atoms with van der Waals surface area (Å²) in [6.45, 7) is 0.516. The summed E-state index contributed by atoms with van der Waals surface area (Å²) < 4.78 is 7.29. The zero-order valence-electron chi connectivity index (χ0n) is 19.7. The van der Waals surface area contributed by atoms with Gasteiger partial charge in [-0.3, -0.25) is 14.3 Å². The van der Waals surface area contributed by atoms with E-state index >= 15 is 0 Å². The molecular formula is C29H27N3O3. The minimum atomic E-state index is 0.0400. The van der Waals surface area contributed by atoms with Crippen LogP contribution in [0.25, 0.3) is 10.8 Å². The van der Waals surface area contributed by atoms with Crippen LogP contribution in [0, 0.1) is 0 Å². The fourth-order valence-electron chi connectivity index (χ4n) is 5.41. The van der Waals surface area contributed by atoms with Crippen LogP contribution < -0.4 is 9.64 Å². The van der Waals surface area contributed by atoms with Crippen LogP contribution >= 0.6 is 0 Å². The Bertz CT molecular complexity index is 1430. The van der Waals surface area contributed by atoms with Crippen LogP contribution in [0.3, 0.4) is 0 Å². The van der Waals surface area contributed by atoms with Gasteiger partial charge in [0.05, 0.1) is 31.6 Å². The lowest BCUT2D eigenvalue weighted by atomic mass is 9.94. The molecule has 0 N–H and O–H groups in total. The summed E-state index contributed by atoms with van der Waals surface area (Å²) >= 11 is 0. The quantitative estimate of drug-likeness (QED) is 0.378. The van der Waals surface area contributed by atoms with E-state index in [1.807, 2.05) is 52.2 Å². The first-order valence-corrected chi connectivity index (χ1v) is 12.1. The molecule has 0 atom stereocenters. The van der Waals surface area contributed by atoms with Crippen molar-refractivity contribution in [3.8, 4) is 5.75 Å². The van der Waals surface area contributed by atoms with E-state index in [1.165, 1.54) is 5.56 Å². The van der Waals surface area contributed by atoms with Gasteiger partial charge >= 0.3 is 0 Å². The largest absolute Gasteiger partial charge is 0.497 e. The number of amides is 1. The Balaban J connectivity index is 1.28. The zero-order valence-corrected chi connectivity index (χ0v) is 19.7. The highest BCUT2D eigenvalue weighted by Crippen LogP contribution is 2.40. The van der Waals surface area contributed by atoms with Crippen molar-refractivity contribution in [1.29, 1.82) is 0 Å². The topological polar surface area (TPSA) is 64.4 Å². The van der Waals surface area contributed by atoms with Gasteiger partial charge in [0.1, 0.15) is 11.5 Å². The van der Waals surface area contributed by atoms with Gasteiger partial charge < -0.3 is 9.64 Å². The van der Waals surface area contributed by atoms with Crippen LogP contribution in [-0.4, -0.2) is 28.6 Å². The van der Waals surface area contributed by atoms with Crippen molar-refractivity contribution in [2.24, 2.45) is 0 Å². The SMILES string of the molecule is COc1ccc(CN2C(=O)c3cccc4c(Cc5cnn(C6CCC(=O)CC6)c5)ccc2c34)cc1. The molecule has 0 spiro atoms. The number of carbonyl (C=O) groups is 2. The predicted molar refractivity (Wildman–Crippen MR) is 135 cm³/mol. The lowest BCUT2D eigenvalue weighted by Gasteiger charge is -2.21. The predicted octanol–water partition coefficient (Wildman–Crippen LogP) is 5.48. The summed E-state index contributed by atoms with van der Waals surface area (Å²) in [5.74, 6) is 1.20. The number of rotatable bonds is 6. The summed E-state index contributed by atoms with van der Waals surface area (Å²) in [6.07, 6.45) is 7.83. The number of benzene rings is 3. The highest BCUT2D eigenvalue weighted by atomic mass is 16.5. The average Bonchev–Trinajstić information content (AvgIpc) is 3.46. The van der Waals surface area contributed by atoms with Gasteiger partial charge in [-0.15, -0.1) is 0 Å². The number of carbonyl (C=O) groups excluding carboxylic acids is 2. The number of aromatic nitrogens is 2. The Labute approximate surface area is 204 Å². The Morgan fingerprint density at radius 1 is 0.971 bits per heavy atom. The van der Waals surface area contributed by atoms with E-state index in [4.69, 9.17) is 4.74 Å². The molecule has 1 amide bonds. The fourth-order valence-corrected chi connectivity index (χ4v) is 5.41. The molecule has 6 rings (SSSR count). The molecule has 3 aromatic carbocycles. The van der Waals surface area contributed by atoms with Crippen LogP contribution in [0.4, 0.5) is 5.69 Å². The molecule has 0 bridgehead atoms. The molecule has 1 fully saturated rings.